The highest BCUT2D eigenvalue weighted by molar-refractivity contribution is 7.98. The molecule has 0 bridgehead atoms. The summed E-state index contributed by atoms with van der Waals surface area (Å²) in [7, 11) is 0. The number of amides is 2. The smallest absolute Gasteiger partial charge is 0.315 e. The van der Waals surface area contributed by atoms with Gasteiger partial charge in [0, 0.05) is 23.8 Å². The molecule has 0 aromatic carbocycles. The predicted octanol–water partition coefficient (Wildman–Crippen LogP) is 2.08. The van der Waals surface area contributed by atoms with Crippen molar-refractivity contribution < 1.29 is 9.90 Å². The standard InChI is InChI=1S/C13H28N2O2S/c1-9(2)11(16)13(4,5)8-14-12(17)15-10(3)7-18-6/h9-11,16H,7-8H2,1-6H3,(H2,14,15,17)/t10-,11+/m1/s1. The van der Waals surface area contributed by atoms with E-state index >= 15 is 0 Å². The second-order valence-corrected chi connectivity index (χ2v) is 6.77. The summed E-state index contributed by atoms with van der Waals surface area (Å²) in [5, 5.41) is 15.8. The maximum Gasteiger partial charge on any atom is 0.315 e. The lowest BCUT2D eigenvalue weighted by Crippen LogP contribution is -2.48. The molecule has 0 rings (SSSR count). The molecule has 2 atom stereocenters. The molecule has 0 saturated heterocycles. The van der Waals surface area contributed by atoms with Crippen LogP contribution in [0.4, 0.5) is 4.79 Å². The Morgan fingerprint density at radius 1 is 1.33 bits per heavy atom. The summed E-state index contributed by atoms with van der Waals surface area (Å²) in [5.41, 5.74) is -0.325. The van der Waals surface area contributed by atoms with Gasteiger partial charge in [-0.25, -0.2) is 4.79 Å². The summed E-state index contributed by atoms with van der Waals surface area (Å²) in [6, 6.07) is -0.0151. The number of aliphatic hydroxyl groups excluding tert-OH is 1. The van der Waals surface area contributed by atoms with Gasteiger partial charge in [0.1, 0.15) is 0 Å². The van der Waals surface area contributed by atoms with Crippen LogP contribution in [-0.2, 0) is 0 Å². The van der Waals surface area contributed by atoms with Gasteiger partial charge in [-0.3, -0.25) is 0 Å². The van der Waals surface area contributed by atoms with Gasteiger partial charge in [-0.2, -0.15) is 11.8 Å². The van der Waals surface area contributed by atoms with E-state index in [-0.39, 0.29) is 23.4 Å². The van der Waals surface area contributed by atoms with E-state index in [4.69, 9.17) is 0 Å². The van der Waals surface area contributed by atoms with Crippen molar-refractivity contribution in [2.75, 3.05) is 18.6 Å². The van der Waals surface area contributed by atoms with Crippen LogP contribution in [0.25, 0.3) is 0 Å². The number of carbonyl (C=O) groups excluding carboxylic acids is 1. The molecule has 0 saturated carbocycles. The summed E-state index contributed by atoms with van der Waals surface area (Å²) < 4.78 is 0. The number of carbonyl (C=O) groups is 1. The van der Waals surface area contributed by atoms with Crippen LogP contribution in [0.2, 0.25) is 0 Å². The van der Waals surface area contributed by atoms with Crippen molar-refractivity contribution in [1.29, 1.82) is 0 Å². The van der Waals surface area contributed by atoms with Crippen LogP contribution in [0, 0.1) is 11.3 Å². The van der Waals surface area contributed by atoms with Gasteiger partial charge in [-0.1, -0.05) is 27.7 Å². The van der Waals surface area contributed by atoms with Gasteiger partial charge in [-0.05, 0) is 19.1 Å². The lowest BCUT2D eigenvalue weighted by Gasteiger charge is -2.33. The van der Waals surface area contributed by atoms with Crippen molar-refractivity contribution in [3.8, 4) is 0 Å². The molecule has 18 heavy (non-hydrogen) atoms. The van der Waals surface area contributed by atoms with Crippen LogP contribution in [0.1, 0.15) is 34.6 Å². The average Bonchev–Trinajstić information content (AvgIpc) is 2.25. The van der Waals surface area contributed by atoms with Crippen LogP contribution in [0.15, 0.2) is 0 Å². The molecule has 0 fully saturated rings. The first-order valence-electron chi connectivity index (χ1n) is 6.42. The third kappa shape index (κ3) is 6.50. The Morgan fingerprint density at radius 2 is 1.89 bits per heavy atom. The van der Waals surface area contributed by atoms with Gasteiger partial charge in [0.2, 0.25) is 0 Å². The molecule has 0 aliphatic rings. The van der Waals surface area contributed by atoms with Crippen molar-refractivity contribution in [3.63, 3.8) is 0 Å². The Hall–Kier alpha value is -0.420. The van der Waals surface area contributed by atoms with Gasteiger partial charge < -0.3 is 15.7 Å². The van der Waals surface area contributed by atoms with E-state index < -0.39 is 6.10 Å². The van der Waals surface area contributed by atoms with Crippen LogP contribution in [0.5, 0.6) is 0 Å². The Bertz CT molecular complexity index is 257. The van der Waals surface area contributed by atoms with Crippen molar-refractivity contribution in [1.82, 2.24) is 10.6 Å². The lowest BCUT2D eigenvalue weighted by atomic mass is 9.81. The molecule has 0 aliphatic heterocycles. The van der Waals surface area contributed by atoms with Crippen molar-refractivity contribution in [2.24, 2.45) is 11.3 Å². The molecular formula is C13H28N2O2S. The van der Waals surface area contributed by atoms with Gasteiger partial charge >= 0.3 is 6.03 Å². The minimum absolute atomic E-state index is 0.151. The Kier molecular flexibility index (Phi) is 7.71. The fraction of sp³-hybridized carbons (Fsp3) is 0.923. The zero-order valence-corrected chi connectivity index (χ0v) is 13.2. The second kappa shape index (κ2) is 7.89. The Morgan fingerprint density at radius 3 is 2.33 bits per heavy atom. The number of hydrogen-bond donors (Lipinski definition) is 3. The number of thioether (sulfide) groups is 1. The van der Waals surface area contributed by atoms with Gasteiger partial charge in [0.25, 0.3) is 0 Å². The van der Waals surface area contributed by atoms with Gasteiger partial charge in [0.15, 0.2) is 0 Å². The van der Waals surface area contributed by atoms with Crippen LogP contribution in [-0.4, -0.2) is 41.8 Å². The highest BCUT2D eigenvalue weighted by atomic mass is 32.2. The van der Waals surface area contributed by atoms with Crippen LogP contribution >= 0.6 is 11.8 Å². The normalized spacial score (nSPS) is 15.3. The largest absolute Gasteiger partial charge is 0.392 e. The van der Waals surface area contributed by atoms with Crippen molar-refractivity contribution >= 4 is 17.8 Å². The van der Waals surface area contributed by atoms with Gasteiger partial charge in [-0.15, -0.1) is 0 Å². The molecule has 5 heteroatoms. The molecule has 0 unspecified atom stereocenters. The molecule has 2 amide bonds. The summed E-state index contributed by atoms with van der Waals surface area (Å²) in [4.78, 5) is 11.7. The van der Waals surface area contributed by atoms with E-state index in [0.29, 0.717) is 6.54 Å². The summed E-state index contributed by atoms with van der Waals surface area (Å²) in [6.45, 7) is 10.3. The monoisotopic (exact) mass is 276 g/mol. The first-order valence-corrected chi connectivity index (χ1v) is 7.81. The minimum atomic E-state index is -0.429. The number of rotatable bonds is 7. The number of urea groups is 1. The topological polar surface area (TPSA) is 61.4 Å². The van der Waals surface area contributed by atoms with E-state index in [1.807, 2.05) is 40.9 Å². The minimum Gasteiger partial charge on any atom is -0.392 e. The van der Waals surface area contributed by atoms with Gasteiger partial charge in [0.05, 0.1) is 6.10 Å². The average molecular weight is 276 g/mol. The fourth-order valence-electron chi connectivity index (χ4n) is 1.88. The lowest BCUT2D eigenvalue weighted by molar-refractivity contribution is 0.0151. The number of hydrogen-bond acceptors (Lipinski definition) is 3. The predicted molar refractivity (Wildman–Crippen MR) is 79.0 cm³/mol. The molecule has 0 aliphatic carbocycles. The molecule has 108 valence electrons. The SMILES string of the molecule is CSC[C@@H](C)NC(=O)NCC(C)(C)[C@@H](O)C(C)C. The van der Waals surface area contributed by atoms with E-state index in [9.17, 15) is 9.90 Å². The number of aliphatic hydroxyl groups is 1. The highest BCUT2D eigenvalue weighted by Gasteiger charge is 2.30. The highest BCUT2D eigenvalue weighted by Crippen LogP contribution is 2.24. The first-order chi connectivity index (χ1) is 8.20. The van der Waals surface area contributed by atoms with Crippen LogP contribution in [0.3, 0.4) is 0 Å². The van der Waals surface area contributed by atoms with E-state index in [0.717, 1.165) is 5.75 Å². The van der Waals surface area contributed by atoms with E-state index in [1.54, 1.807) is 11.8 Å². The zero-order valence-electron chi connectivity index (χ0n) is 12.4. The quantitative estimate of drug-likeness (QED) is 0.667. The Labute approximate surface area is 115 Å². The molecule has 3 N–H and O–H groups in total. The fourth-order valence-corrected chi connectivity index (χ4v) is 2.46. The summed E-state index contributed by atoms with van der Waals surface area (Å²) >= 11 is 1.70. The maximum absolute atomic E-state index is 11.7. The summed E-state index contributed by atoms with van der Waals surface area (Å²) in [6.07, 6.45) is 1.58. The van der Waals surface area contributed by atoms with Crippen molar-refractivity contribution in [3.05, 3.63) is 0 Å². The van der Waals surface area contributed by atoms with Crippen LogP contribution < -0.4 is 10.6 Å². The molecule has 0 radical (unpaired) electrons. The second-order valence-electron chi connectivity index (χ2n) is 5.86. The van der Waals surface area contributed by atoms with E-state index in [1.165, 1.54) is 0 Å². The molecule has 4 nitrogen and oxygen atoms in total. The van der Waals surface area contributed by atoms with E-state index in [2.05, 4.69) is 10.6 Å². The molecule has 0 aromatic heterocycles. The Balaban J connectivity index is 4.11. The zero-order chi connectivity index (χ0) is 14.3. The third-order valence-electron chi connectivity index (χ3n) is 2.93. The maximum atomic E-state index is 11.7. The summed E-state index contributed by atoms with van der Waals surface area (Å²) in [5.74, 6) is 1.08. The molecular weight excluding hydrogens is 248 g/mol. The first kappa shape index (κ1) is 17.6. The molecule has 0 spiro atoms. The molecule has 0 heterocycles. The third-order valence-corrected chi connectivity index (χ3v) is 3.76. The molecule has 0 aromatic rings. The van der Waals surface area contributed by atoms with Crippen molar-refractivity contribution in [2.45, 2.75) is 46.8 Å². The number of nitrogens with one attached hydrogen (secondary N) is 2.